The van der Waals surface area contributed by atoms with Gasteiger partial charge in [0.25, 0.3) is 0 Å². The smallest absolute Gasteiger partial charge is 0.0603 e. The van der Waals surface area contributed by atoms with Crippen molar-refractivity contribution in [3.8, 4) is 0 Å². The maximum Gasteiger partial charge on any atom is 0.0603 e. The van der Waals surface area contributed by atoms with Crippen LogP contribution in [0.25, 0.3) is 0 Å². The van der Waals surface area contributed by atoms with Crippen molar-refractivity contribution in [1.82, 2.24) is 0 Å². The number of hydrogen-bond donors (Lipinski definition) is 1. The van der Waals surface area contributed by atoms with Gasteiger partial charge in [0.2, 0.25) is 0 Å². The van der Waals surface area contributed by atoms with E-state index in [1.165, 1.54) is 5.57 Å². The second-order valence-electron chi connectivity index (χ2n) is 2.98. The maximum absolute atomic E-state index is 9.25. The van der Waals surface area contributed by atoms with Crippen LogP contribution in [-0.2, 0) is 0 Å². The predicted molar refractivity (Wildman–Crippen MR) is 38.2 cm³/mol. The first-order chi connectivity index (χ1) is 4.20. The Hall–Kier alpha value is -0.300. The summed E-state index contributed by atoms with van der Waals surface area (Å²) >= 11 is 0. The standard InChI is InChI=1S/C8H14O/c1-6-3-4-8(9)7(2)5-6/h5,7-9H,3-4H2,1-2H3. The Kier molecular flexibility index (Phi) is 1.91. The van der Waals surface area contributed by atoms with Crippen LogP contribution in [-0.4, -0.2) is 11.2 Å². The maximum atomic E-state index is 9.25. The number of rotatable bonds is 0. The summed E-state index contributed by atoms with van der Waals surface area (Å²) in [5, 5.41) is 9.25. The number of aliphatic hydroxyl groups is 1. The summed E-state index contributed by atoms with van der Waals surface area (Å²) in [5.41, 5.74) is 1.42. The van der Waals surface area contributed by atoms with Gasteiger partial charge in [-0.05, 0) is 19.8 Å². The minimum Gasteiger partial charge on any atom is -0.393 e. The van der Waals surface area contributed by atoms with Crippen molar-refractivity contribution in [2.24, 2.45) is 5.92 Å². The summed E-state index contributed by atoms with van der Waals surface area (Å²) in [5.74, 6) is 0.374. The van der Waals surface area contributed by atoms with E-state index in [9.17, 15) is 5.11 Å². The average Bonchev–Trinajstić information content (AvgIpc) is 1.80. The Labute approximate surface area is 56.4 Å². The van der Waals surface area contributed by atoms with Crippen molar-refractivity contribution in [3.05, 3.63) is 11.6 Å². The number of aliphatic hydroxyl groups excluding tert-OH is 1. The third kappa shape index (κ3) is 1.55. The fourth-order valence-corrected chi connectivity index (χ4v) is 1.28. The van der Waals surface area contributed by atoms with Crippen LogP contribution in [0.1, 0.15) is 26.7 Å². The first-order valence-electron chi connectivity index (χ1n) is 3.55. The predicted octanol–water partition coefficient (Wildman–Crippen LogP) is 1.72. The van der Waals surface area contributed by atoms with E-state index in [1.54, 1.807) is 0 Å². The fraction of sp³-hybridized carbons (Fsp3) is 0.750. The molecule has 0 fully saturated rings. The van der Waals surface area contributed by atoms with Gasteiger partial charge in [0.1, 0.15) is 0 Å². The van der Waals surface area contributed by atoms with Crippen molar-refractivity contribution in [2.45, 2.75) is 32.8 Å². The van der Waals surface area contributed by atoms with Crippen molar-refractivity contribution < 1.29 is 5.11 Å². The molecule has 52 valence electrons. The van der Waals surface area contributed by atoms with E-state index < -0.39 is 0 Å². The summed E-state index contributed by atoms with van der Waals surface area (Å²) in [6.07, 6.45) is 4.09. The van der Waals surface area contributed by atoms with E-state index in [0.29, 0.717) is 5.92 Å². The molecule has 1 nitrogen and oxygen atoms in total. The number of hydrogen-bond acceptors (Lipinski definition) is 1. The van der Waals surface area contributed by atoms with Gasteiger partial charge in [-0.2, -0.15) is 0 Å². The molecule has 0 aromatic rings. The molecule has 0 heterocycles. The Morgan fingerprint density at radius 1 is 1.67 bits per heavy atom. The van der Waals surface area contributed by atoms with Crippen molar-refractivity contribution in [1.29, 1.82) is 0 Å². The number of allylic oxidation sites excluding steroid dienone is 1. The zero-order valence-electron chi connectivity index (χ0n) is 6.09. The Balaban J connectivity index is 2.58. The van der Waals surface area contributed by atoms with E-state index in [4.69, 9.17) is 0 Å². The first-order valence-corrected chi connectivity index (χ1v) is 3.55. The second kappa shape index (κ2) is 2.53. The van der Waals surface area contributed by atoms with Crippen LogP contribution >= 0.6 is 0 Å². The topological polar surface area (TPSA) is 20.2 Å². The average molecular weight is 126 g/mol. The van der Waals surface area contributed by atoms with E-state index in [-0.39, 0.29) is 6.10 Å². The van der Waals surface area contributed by atoms with Gasteiger partial charge >= 0.3 is 0 Å². The Bertz CT molecular complexity index is 127. The molecule has 1 heteroatoms. The van der Waals surface area contributed by atoms with Gasteiger partial charge in [-0.15, -0.1) is 0 Å². The molecule has 0 bridgehead atoms. The molecule has 1 aliphatic carbocycles. The molecular weight excluding hydrogens is 112 g/mol. The van der Waals surface area contributed by atoms with Crippen LogP contribution in [0.15, 0.2) is 11.6 Å². The van der Waals surface area contributed by atoms with Gasteiger partial charge < -0.3 is 5.11 Å². The van der Waals surface area contributed by atoms with E-state index in [2.05, 4.69) is 19.9 Å². The third-order valence-corrected chi connectivity index (χ3v) is 1.99. The van der Waals surface area contributed by atoms with Gasteiger partial charge in [0.05, 0.1) is 6.10 Å². The molecule has 0 aromatic carbocycles. The zero-order valence-corrected chi connectivity index (χ0v) is 6.09. The fourth-order valence-electron chi connectivity index (χ4n) is 1.28. The molecule has 0 amide bonds. The SMILES string of the molecule is CC1=CC(C)C(O)CC1. The minimum atomic E-state index is -0.0892. The molecule has 0 aliphatic heterocycles. The molecule has 2 unspecified atom stereocenters. The minimum absolute atomic E-state index is 0.0892. The quantitative estimate of drug-likeness (QED) is 0.490. The highest BCUT2D eigenvalue weighted by Gasteiger charge is 2.15. The molecule has 1 N–H and O–H groups in total. The van der Waals surface area contributed by atoms with Crippen molar-refractivity contribution in [3.63, 3.8) is 0 Å². The van der Waals surface area contributed by atoms with Gasteiger partial charge in [-0.3, -0.25) is 0 Å². The summed E-state index contributed by atoms with van der Waals surface area (Å²) in [6.45, 7) is 4.19. The van der Waals surface area contributed by atoms with Crippen LogP contribution < -0.4 is 0 Å². The van der Waals surface area contributed by atoms with Crippen LogP contribution in [0.2, 0.25) is 0 Å². The summed E-state index contributed by atoms with van der Waals surface area (Å²) < 4.78 is 0. The lowest BCUT2D eigenvalue weighted by molar-refractivity contribution is 0.122. The van der Waals surface area contributed by atoms with Gasteiger partial charge in [-0.1, -0.05) is 18.6 Å². The zero-order chi connectivity index (χ0) is 6.85. The van der Waals surface area contributed by atoms with Gasteiger partial charge in [0.15, 0.2) is 0 Å². The summed E-state index contributed by atoms with van der Waals surface area (Å²) in [4.78, 5) is 0. The molecule has 0 radical (unpaired) electrons. The normalized spacial score (nSPS) is 36.1. The molecule has 1 rings (SSSR count). The molecule has 0 spiro atoms. The van der Waals surface area contributed by atoms with E-state index in [0.717, 1.165) is 12.8 Å². The lowest BCUT2D eigenvalue weighted by Crippen LogP contribution is -2.19. The van der Waals surface area contributed by atoms with E-state index >= 15 is 0 Å². The molecule has 0 saturated carbocycles. The lowest BCUT2D eigenvalue weighted by Gasteiger charge is -2.21. The molecule has 0 aromatic heterocycles. The Morgan fingerprint density at radius 3 is 2.78 bits per heavy atom. The van der Waals surface area contributed by atoms with E-state index in [1.807, 2.05) is 0 Å². The van der Waals surface area contributed by atoms with Crippen LogP contribution in [0.3, 0.4) is 0 Å². The highest BCUT2D eigenvalue weighted by molar-refractivity contribution is 5.06. The van der Waals surface area contributed by atoms with Gasteiger partial charge in [0, 0.05) is 5.92 Å². The third-order valence-electron chi connectivity index (χ3n) is 1.99. The lowest BCUT2D eigenvalue weighted by atomic mass is 9.90. The van der Waals surface area contributed by atoms with Crippen LogP contribution in [0.5, 0.6) is 0 Å². The molecule has 2 atom stereocenters. The molecule has 1 aliphatic rings. The largest absolute Gasteiger partial charge is 0.393 e. The first kappa shape index (κ1) is 6.81. The van der Waals surface area contributed by atoms with Crippen molar-refractivity contribution >= 4 is 0 Å². The molecule has 0 saturated heterocycles. The summed E-state index contributed by atoms with van der Waals surface area (Å²) in [7, 11) is 0. The van der Waals surface area contributed by atoms with Gasteiger partial charge in [-0.25, -0.2) is 0 Å². The van der Waals surface area contributed by atoms with Crippen molar-refractivity contribution in [2.75, 3.05) is 0 Å². The molecular formula is C8H14O. The Morgan fingerprint density at radius 2 is 2.33 bits per heavy atom. The molecule has 9 heavy (non-hydrogen) atoms. The highest BCUT2D eigenvalue weighted by atomic mass is 16.3. The second-order valence-corrected chi connectivity index (χ2v) is 2.98. The van der Waals surface area contributed by atoms with Crippen LogP contribution in [0, 0.1) is 5.92 Å². The van der Waals surface area contributed by atoms with Crippen LogP contribution in [0.4, 0.5) is 0 Å². The highest BCUT2D eigenvalue weighted by Crippen LogP contribution is 2.21. The monoisotopic (exact) mass is 126 g/mol. The summed E-state index contributed by atoms with van der Waals surface area (Å²) in [6, 6.07) is 0.